The van der Waals surface area contributed by atoms with Gasteiger partial charge in [0.15, 0.2) is 40.7 Å². The molecule has 7 N–H and O–H groups in total. The van der Waals surface area contributed by atoms with Crippen molar-refractivity contribution in [2.24, 2.45) is 16.6 Å². The Hall–Kier alpha value is -4.70. The monoisotopic (exact) mass is 649 g/mol. The number of unbranched alkanes of at least 4 members (excludes halogenated alkanes) is 1. The number of carbonyl (C=O) groups is 4. The molecule has 16 nitrogen and oxygen atoms in total. The Bertz CT molecular complexity index is 1420. The number of hydrogen-bond acceptors (Lipinski definition) is 14. The minimum atomic E-state index is -1.29. The number of rotatable bonds is 11. The Kier molecular flexibility index (Phi) is 12.3. The van der Waals surface area contributed by atoms with E-state index >= 15 is 0 Å². The second-order valence-electron chi connectivity index (χ2n) is 10.0. The van der Waals surface area contributed by atoms with Crippen molar-refractivity contribution in [1.82, 2.24) is 15.3 Å². The molecule has 5 unspecified atom stereocenters. The van der Waals surface area contributed by atoms with Crippen molar-refractivity contribution in [2.45, 2.75) is 64.6 Å². The quantitative estimate of drug-likeness (QED) is 0.0877. The number of guanidine groups is 1. The predicted octanol–water partition coefficient (Wildman–Crippen LogP) is 1.14. The van der Waals surface area contributed by atoms with Crippen LogP contribution in [0.3, 0.4) is 0 Å². The highest BCUT2D eigenvalue weighted by Gasteiger charge is 2.51. The van der Waals surface area contributed by atoms with Gasteiger partial charge in [-0.1, -0.05) is 30.7 Å². The van der Waals surface area contributed by atoms with Crippen molar-refractivity contribution in [3.63, 3.8) is 0 Å². The lowest BCUT2D eigenvalue weighted by Gasteiger charge is -2.42. The number of aliphatic imine (C=N–C) groups is 1. The van der Waals surface area contributed by atoms with Gasteiger partial charge in [-0.15, -0.1) is 0 Å². The molecule has 1 aromatic heterocycles. The van der Waals surface area contributed by atoms with Gasteiger partial charge in [0, 0.05) is 26.3 Å². The van der Waals surface area contributed by atoms with Crippen LogP contribution in [0.25, 0.3) is 0 Å². The van der Waals surface area contributed by atoms with Crippen molar-refractivity contribution in [3.8, 4) is 5.75 Å². The topological polar surface area (TPSA) is 243 Å². The molecule has 2 heterocycles. The fourth-order valence-electron chi connectivity index (χ4n) is 4.46. The molecule has 17 heteroatoms. The first-order valence-electron chi connectivity index (χ1n) is 13.8. The molecule has 1 fully saturated rings. The lowest BCUT2D eigenvalue weighted by atomic mass is 9.90. The van der Waals surface area contributed by atoms with E-state index in [0.29, 0.717) is 25.1 Å². The van der Waals surface area contributed by atoms with Gasteiger partial charge in [0.2, 0.25) is 6.29 Å². The number of nitrogens with two attached hydrogens (primary N) is 3. The predicted molar refractivity (Wildman–Crippen MR) is 161 cm³/mol. The van der Waals surface area contributed by atoms with E-state index in [1.807, 2.05) is 12.1 Å². The van der Waals surface area contributed by atoms with Crippen LogP contribution in [0.15, 0.2) is 29.3 Å². The molecular weight excluding hydrogens is 614 g/mol. The zero-order valence-electron chi connectivity index (χ0n) is 25.2. The van der Waals surface area contributed by atoms with E-state index in [9.17, 15) is 19.2 Å². The molecule has 5 atom stereocenters. The summed E-state index contributed by atoms with van der Waals surface area (Å²) in [4.78, 5) is 60.0. The number of nitrogens with zero attached hydrogens (tertiary/aromatic N) is 3. The third-order valence-electron chi connectivity index (χ3n) is 6.61. The molecule has 1 aliphatic heterocycles. The van der Waals surface area contributed by atoms with Crippen LogP contribution in [0.2, 0.25) is 5.15 Å². The summed E-state index contributed by atoms with van der Waals surface area (Å²) in [6.45, 7) is 4.43. The highest BCUT2D eigenvalue weighted by atomic mass is 35.5. The van der Waals surface area contributed by atoms with E-state index in [0.717, 1.165) is 12.0 Å². The maximum atomic E-state index is 12.4. The van der Waals surface area contributed by atoms with Crippen molar-refractivity contribution in [1.29, 1.82) is 0 Å². The van der Waals surface area contributed by atoms with Crippen LogP contribution < -0.4 is 27.3 Å². The number of hydrogen-bond donors (Lipinski definition) is 4. The number of aryl methyl sites for hydroxylation is 1. The number of esters is 3. The highest BCUT2D eigenvalue weighted by molar-refractivity contribution is 6.31. The molecule has 45 heavy (non-hydrogen) atoms. The van der Waals surface area contributed by atoms with Gasteiger partial charge in [-0.25, -0.2) is 14.8 Å². The molecule has 0 saturated carbocycles. The lowest BCUT2D eigenvalue weighted by molar-refractivity contribution is -0.265. The molecule has 0 aliphatic carbocycles. The van der Waals surface area contributed by atoms with Gasteiger partial charge in [0.05, 0.1) is 7.11 Å². The molecule has 2 aromatic rings. The van der Waals surface area contributed by atoms with Gasteiger partial charge in [0.1, 0.15) is 11.9 Å². The van der Waals surface area contributed by atoms with Crippen LogP contribution in [0.5, 0.6) is 5.75 Å². The number of halogens is 1. The SMILES string of the molecule is COC(=O)C1OC(Oc2ccc(CCCCN=C(N)NC(=O)c3nc(Cl)c(N)nc3N)cc2)C(OC(C)=O)C(C)C1OC(C)=O. The molecule has 0 bridgehead atoms. The van der Waals surface area contributed by atoms with Crippen LogP contribution in [0, 0.1) is 5.92 Å². The standard InChI is InChI=1S/C28H36ClN7O9/c1-13-19(42-14(2)37)21(26(40)41-4)45-27(20(13)43-15(3)38)44-17-10-8-16(9-11-17)7-5-6-12-33-28(32)36-25(39)18-23(30)35-24(31)22(29)34-18/h8-11,13,19-21,27H,5-7,12H2,1-4H3,(H4,30,31,35)(H3,32,33,36,39). The zero-order chi connectivity index (χ0) is 33.3. The van der Waals surface area contributed by atoms with Crippen molar-refractivity contribution in [3.05, 3.63) is 40.7 Å². The smallest absolute Gasteiger partial charge is 0.339 e. The van der Waals surface area contributed by atoms with E-state index in [4.69, 9.17) is 52.5 Å². The number of nitrogen functional groups attached to an aromatic ring is 2. The van der Waals surface area contributed by atoms with Gasteiger partial charge in [-0.2, -0.15) is 0 Å². The van der Waals surface area contributed by atoms with Gasteiger partial charge in [0.25, 0.3) is 5.91 Å². The third-order valence-corrected chi connectivity index (χ3v) is 6.89. The number of methoxy groups -OCH3 is 1. The van der Waals surface area contributed by atoms with E-state index in [2.05, 4.69) is 20.3 Å². The molecule has 0 spiro atoms. The molecule has 0 radical (unpaired) electrons. The van der Waals surface area contributed by atoms with Gasteiger partial charge in [-0.3, -0.25) is 24.7 Å². The van der Waals surface area contributed by atoms with Crippen molar-refractivity contribution >= 4 is 53.0 Å². The number of carbonyl (C=O) groups excluding carboxylic acids is 4. The average molecular weight is 650 g/mol. The van der Waals surface area contributed by atoms with Gasteiger partial charge >= 0.3 is 17.9 Å². The first kappa shape index (κ1) is 34.8. The highest BCUT2D eigenvalue weighted by Crippen LogP contribution is 2.33. The Morgan fingerprint density at radius 2 is 1.64 bits per heavy atom. The number of aromatic nitrogens is 2. The van der Waals surface area contributed by atoms with Crippen LogP contribution >= 0.6 is 11.6 Å². The van der Waals surface area contributed by atoms with Crippen LogP contribution in [0.1, 0.15) is 49.7 Å². The molecule has 1 aromatic carbocycles. The van der Waals surface area contributed by atoms with E-state index in [1.54, 1.807) is 19.1 Å². The first-order valence-corrected chi connectivity index (χ1v) is 14.2. The number of amides is 1. The maximum Gasteiger partial charge on any atom is 0.339 e. The summed E-state index contributed by atoms with van der Waals surface area (Å²) < 4.78 is 27.4. The first-order chi connectivity index (χ1) is 21.3. The second kappa shape index (κ2) is 15.9. The Balaban J connectivity index is 1.55. The Morgan fingerprint density at radius 3 is 2.27 bits per heavy atom. The minimum Gasteiger partial charge on any atom is -0.467 e. The lowest BCUT2D eigenvalue weighted by Crippen LogP contribution is -2.60. The molecule has 1 amide bonds. The zero-order valence-corrected chi connectivity index (χ0v) is 25.9. The van der Waals surface area contributed by atoms with Gasteiger partial charge in [-0.05, 0) is 37.0 Å². The third kappa shape index (κ3) is 9.64. The molecule has 1 aliphatic rings. The molecule has 1 saturated heterocycles. The van der Waals surface area contributed by atoms with Gasteiger partial charge < -0.3 is 40.9 Å². The fourth-order valence-corrected chi connectivity index (χ4v) is 4.59. The summed E-state index contributed by atoms with van der Waals surface area (Å²) in [5, 5.41) is 2.22. The minimum absolute atomic E-state index is 0.0974. The van der Waals surface area contributed by atoms with Crippen molar-refractivity contribution < 1.29 is 42.9 Å². The van der Waals surface area contributed by atoms with Crippen LogP contribution in [-0.2, 0) is 39.8 Å². The Labute approximate surface area is 263 Å². The molecule has 244 valence electrons. The van der Waals surface area contributed by atoms with Crippen LogP contribution in [0.4, 0.5) is 11.6 Å². The maximum absolute atomic E-state index is 12.4. The van der Waals surface area contributed by atoms with E-state index in [1.165, 1.54) is 21.0 Å². The molecular formula is C28H36ClN7O9. The second-order valence-corrected chi connectivity index (χ2v) is 10.4. The summed E-state index contributed by atoms with van der Waals surface area (Å²) in [6, 6.07) is 7.12. The average Bonchev–Trinajstić information content (AvgIpc) is 2.97. The van der Waals surface area contributed by atoms with E-state index < -0.39 is 54.3 Å². The normalized spacial score (nSPS) is 21.4. The number of ether oxygens (including phenoxy) is 5. The number of anilines is 2. The summed E-state index contributed by atoms with van der Waals surface area (Å²) in [5.74, 6) is -3.39. The van der Waals surface area contributed by atoms with Crippen LogP contribution in [-0.4, -0.2) is 78.0 Å². The largest absolute Gasteiger partial charge is 0.467 e. The summed E-state index contributed by atoms with van der Waals surface area (Å²) in [7, 11) is 1.18. The summed E-state index contributed by atoms with van der Waals surface area (Å²) >= 11 is 5.80. The Morgan fingerprint density at radius 1 is 1.00 bits per heavy atom. The number of benzene rings is 1. The fraction of sp³-hybridized carbons (Fsp3) is 0.464. The molecule has 3 rings (SSSR count). The van der Waals surface area contributed by atoms with Crippen molar-refractivity contribution in [2.75, 3.05) is 25.1 Å². The summed E-state index contributed by atoms with van der Waals surface area (Å²) in [5.41, 5.74) is 17.8. The summed E-state index contributed by atoms with van der Waals surface area (Å²) in [6.07, 6.45) is -2.39. The van der Waals surface area contributed by atoms with E-state index in [-0.39, 0.29) is 28.4 Å². The number of nitrogens with one attached hydrogen (secondary N) is 1.